The number of benzene rings is 1. The molecule has 0 unspecified atom stereocenters. The molecular weight excluding hydrogens is 240 g/mol. The van der Waals surface area contributed by atoms with Gasteiger partial charge in [-0.3, -0.25) is 4.40 Å². The van der Waals surface area contributed by atoms with Crippen molar-refractivity contribution in [1.82, 2.24) is 9.38 Å². The molecule has 2 heterocycles. The lowest BCUT2D eigenvalue weighted by Gasteiger charge is -2.03. The fourth-order valence-corrected chi connectivity index (χ4v) is 2.22. The molecule has 0 fully saturated rings. The summed E-state index contributed by atoms with van der Waals surface area (Å²) in [7, 11) is 0. The summed E-state index contributed by atoms with van der Waals surface area (Å²) in [6, 6.07) is 13.6. The molecule has 4 nitrogen and oxygen atoms in total. The van der Waals surface area contributed by atoms with Crippen LogP contribution >= 0.6 is 0 Å². The lowest BCUT2D eigenvalue weighted by Crippen LogP contribution is -2.03. The van der Waals surface area contributed by atoms with Gasteiger partial charge >= 0.3 is 5.97 Å². The SMILES string of the molecule is Cc1nc2ccc(-c3ccccc3)cn2c1C(=O)O. The van der Waals surface area contributed by atoms with Crippen molar-refractivity contribution in [1.29, 1.82) is 0 Å². The van der Waals surface area contributed by atoms with Gasteiger partial charge in [-0.05, 0) is 30.2 Å². The monoisotopic (exact) mass is 252 g/mol. The van der Waals surface area contributed by atoms with Gasteiger partial charge in [0.2, 0.25) is 0 Å². The highest BCUT2D eigenvalue weighted by Crippen LogP contribution is 2.21. The van der Waals surface area contributed by atoms with Crippen molar-refractivity contribution in [3.63, 3.8) is 0 Å². The minimum Gasteiger partial charge on any atom is -0.477 e. The topological polar surface area (TPSA) is 54.6 Å². The third-order valence-electron chi connectivity index (χ3n) is 3.10. The maximum absolute atomic E-state index is 11.3. The van der Waals surface area contributed by atoms with Crippen molar-refractivity contribution in [2.45, 2.75) is 6.92 Å². The van der Waals surface area contributed by atoms with Gasteiger partial charge in [0, 0.05) is 6.20 Å². The molecule has 94 valence electrons. The first-order valence-corrected chi connectivity index (χ1v) is 5.94. The van der Waals surface area contributed by atoms with Crippen LogP contribution in [0, 0.1) is 6.92 Å². The Balaban J connectivity index is 2.25. The van der Waals surface area contributed by atoms with Gasteiger partial charge in [0.05, 0.1) is 5.69 Å². The molecule has 0 saturated carbocycles. The highest BCUT2D eigenvalue weighted by Gasteiger charge is 2.15. The summed E-state index contributed by atoms with van der Waals surface area (Å²) in [5, 5.41) is 9.25. The van der Waals surface area contributed by atoms with Crippen molar-refractivity contribution in [2.24, 2.45) is 0 Å². The Morgan fingerprint density at radius 1 is 1.11 bits per heavy atom. The average molecular weight is 252 g/mol. The smallest absolute Gasteiger partial charge is 0.354 e. The second kappa shape index (κ2) is 4.24. The highest BCUT2D eigenvalue weighted by molar-refractivity contribution is 5.88. The fourth-order valence-electron chi connectivity index (χ4n) is 2.22. The highest BCUT2D eigenvalue weighted by atomic mass is 16.4. The first kappa shape index (κ1) is 11.5. The zero-order valence-corrected chi connectivity index (χ0v) is 10.4. The predicted octanol–water partition coefficient (Wildman–Crippen LogP) is 3.01. The zero-order chi connectivity index (χ0) is 13.4. The zero-order valence-electron chi connectivity index (χ0n) is 10.4. The molecule has 2 aromatic heterocycles. The van der Waals surface area contributed by atoms with Crippen LogP contribution in [0.15, 0.2) is 48.7 Å². The van der Waals surface area contributed by atoms with Gasteiger partial charge in [0.25, 0.3) is 0 Å². The molecule has 0 radical (unpaired) electrons. The number of hydrogen-bond donors (Lipinski definition) is 1. The van der Waals surface area contributed by atoms with Gasteiger partial charge in [-0.1, -0.05) is 30.3 Å². The molecule has 0 amide bonds. The van der Waals surface area contributed by atoms with Crippen LogP contribution in [-0.2, 0) is 0 Å². The summed E-state index contributed by atoms with van der Waals surface area (Å²) in [6.45, 7) is 1.71. The molecular formula is C15H12N2O2. The number of aromatic nitrogens is 2. The number of fused-ring (bicyclic) bond motifs is 1. The van der Waals surface area contributed by atoms with Crippen LogP contribution in [0.25, 0.3) is 16.8 Å². The van der Waals surface area contributed by atoms with Gasteiger partial charge in [-0.2, -0.15) is 0 Å². The first-order valence-electron chi connectivity index (χ1n) is 5.94. The Hall–Kier alpha value is -2.62. The number of carboxylic acid groups (broad SMARTS) is 1. The molecule has 0 aliphatic rings. The molecule has 3 rings (SSSR count). The normalized spacial score (nSPS) is 10.8. The van der Waals surface area contributed by atoms with Crippen LogP contribution in [0.1, 0.15) is 16.2 Å². The Morgan fingerprint density at radius 3 is 2.53 bits per heavy atom. The fraction of sp³-hybridized carbons (Fsp3) is 0.0667. The molecule has 1 N–H and O–H groups in total. The van der Waals surface area contributed by atoms with Crippen LogP contribution < -0.4 is 0 Å². The average Bonchev–Trinajstić information content (AvgIpc) is 2.74. The second-order valence-electron chi connectivity index (χ2n) is 4.36. The number of nitrogens with zero attached hydrogens (tertiary/aromatic N) is 2. The Kier molecular flexibility index (Phi) is 2.56. The van der Waals surface area contributed by atoms with E-state index < -0.39 is 5.97 Å². The largest absolute Gasteiger partial charge is 0.477 e. The Labute approximate surface area is 110 Å². The summed E-state index contributed by atoms with van der Waals surface area (Å²) in [4.78, 5) is 15.5. The lowest BCUT2D eigenvalue weighted by atomic mass is 10.1. The number of aromatic carboxylic acids is 1. The third kappa shape index (κ3) is 1.87. The number of imidazole rings is 1. The molecule has 0 bridgehead atoms. The van der Waals surface area contributed by atoms with Gasteiger partial charge in [-0.15, -0.1) is 0 Å². The summed E-state index contributed by atoms with van der Waals surface area (Å²) in [5.74, 6) is -0.963. The second-order valence-corrected chi connectivity index (χ2v) is 4.36. The van der Waals surface area contributed by atoms with Crippen LogP contribution in [0.5, 0.6) is 0 Å². The van der Waals surface area contributed by atoms with E-state index in [-0.39, 0.29) is 5.69 Å². The number of hydrogen-bond acceptors (Lipinski definition) is 2. The molecule has 0 atom stereocenters. The quantitative estimate of drug-likeness (QED) is 0.762. The molecule has 4 heteroatoms. The first-order chi connectivity index (χ1) is 9.16. The van der Waals surface area contributed by atoms with Crippen molar-refractivity contribution in [3.8, 4) is 11.1 Å². The van der Waals surface area contributed by atoms with Crippen LogP contribution in [0.3, 0.4) is 0 Å². The molecule has 0 aliphatic heterocycles. The minimum absolute atomic E-state index is 0.216. The minimum atomic E-state index is -0.963. The molecule has 0 saturated heterocycles. The van der Waals surface area contributed by atoms with Crippen molar-refractivity contribution in [3.05, 3.63) is 60.0 Å². The summed E-state index contributed by atoms with van der Waals surface area (Å²) in [5.41, 5.74) is 3.40. The predicted molar refractivity (Wildman–Crippen MR) is 72.3 cm³/mol. The van der Waals surface area contributed by atoms with E-state index in [4.69, 9.17) is 0 Å². The summed E-state index contributed by atoms with van der Waals surface area (Å²) >= 11 is 0. The molecule has 1 aromatic carbocycles. The van der Waals surface area contributed by atoms with Crippen LogP contribution in [0.2, 0.25) is 0 Å². The maximum atomic E-state index is 11.3. The van der Waals surface area contributed by atoms with Crippen LogP contribution in [-0.4, -0.2) is 20.5 Å². The van der Waals surface area contributed by atoms with Gasteiger partial charge in [0.1, 0.15) is 5.65 Å². The van der Waals surface area contributed by atoms with Crippen molar-refractivity contribution < 1.29 is 9.90 Å². The van der Waals surface area contributed by atoms with E-state index in [1.165, 1.54) is 0 Å². The standard InChI is InChI=1S/C15H12N2O2/c1-10-14(15(18)19)17-9-12(7-8-13(17)16-10)11-5-3-2-4-6-11/h2-9H,1H3,(H,18,19). The lowest BCUT2D eigenvalue weighted by molar-refractivity contribution is 0.0688. The van der Waals surface area contributed by atoms with Gasteiger partial charge < -0.3 is 5.11 Å². The van der Waals surface area contributed by atoms with E-state index in [9.17, 15) is 9.90 Å². The van der Waals surface area contributed by atoms with E-state index in [0.717, 1.165) is 11.1 Å². The van der Waals surface area contributed by atoms with Gasteiger partial charge in [0.15, 0.2) is 5.69 Å². The number of rotatable bonds is 2. The number of aryl methyl sites for hydroxylation is 1. The molecule has 19 heavy (non-hydrogen) atoms. The number of pyridine rings is 1. The Bertz CT molecular complexity index is 760. The third-order valence-corrected chi connectivity index (χ3v) is 3.10. The van der Waals surface area contributed by atoms with E-state index in [1.54, 1.807) is 11.3 Å². The Morgan fingerprint density at radius 2 is 1.84 bits per heavy atom. The maximum Gasteiger partial charge on any atom is 0.354 e. The number of carbonyl (C=O) groups is 1. The van der Waals surface area contributed by atoms with E-state index in [1.807, 2.05) is 48.7 Å². The summed E-state index contributed by atoms with van der Waals surface area (Å²) < 4.78 is 1.62. The van der Waals surface area contributed by atoms with E-state index >= 15 is 0 Å². The van der Waals surface area contributed by atoms with Crippen molar-refractivity contribution in [2.75, 3.05) is 0 Å². The summed E-state index contributed by atoms with van der Waals surface area (Å²) in [6.07, 6.45) is 1.81. The van der Waals surface area contributed by atoms with E-state index in [2.05, 4.69) is 4.98 Å². The number of carboxylic acids is 1. The molecule has 0 spiro atoms. The van der Waals surface area contributed by atoms with Gasteiger partial charge in [-0.25, -0.2) is 9.78 Å². The molecule has 3 aromatic rings. The van der Waals surface area contributed by atoms with Crippen molar-refractivity contribution >= 4 is 11.6 Å². The van der Waals surface area contributed by atoms with E-state index in [0.29, 0.717) is 11.3 Å². The molecule has 0 aliphatic carbocycles. The van der Waals surface area contributed by atoms with Crippen LogP contribution in [0.4, 0.5) is 0 Å².